The number of anilines is 2. The standard InChI is InChI=1S/C9H10FN3O/c10-6-3-5(1-2-8(12)14)9(13)7(11)4-6/h1-4H,11,13H2,(H2,12,14). The van der Waals surface area contributed by atoms with Gasteiger partial charge in [0.05, 0.1) is 11.4 Å². The summed E-state index contributed by atoms with van der Waals surface area (Å²) in [6.07, 6.45) is 2.40. The number of hydrogen-bond donors (Lipinski definition) is 3. The van der Waals surface area contributed by atoms with Crippen molar-refractivity contribution in [1.82, 2.24) is 0 Å². The molecule has 74 valence electrons. The fourth-order valence-corrected chi connectivity index (χ4v) is 0.971. The Bertz CT molecular complexity index is 401. The SMILES string of the molecule is NC(=O)C=Cc1cc(F)cc(N)c1N. The van der Waals surface area contributed by atoms with Crippen molar-refractivity contribution in [3.05, 3.63) is 29.6 Å². The van der Waals surface area contributed by atoms with Gasteiger partial charge in [-0.2, -0.15) is 0 Å². The molecule has 1 amide bonds. The summed E-state index contributed by atoms with van der Waals surface area (Å²) in [5.41, 5.74) is 16.5. The Kier molecular flexibility index (Phi) is 2.71. The third-order valence-corrected chi connectivity index (χ3v) is 1.64. The normalized spacial score (nSPS) is 10.6. The smallest absolute Gasteiger partial charge is 0.241 e. The number of nitrogen functional groups attached to an aromatic ring is 2. The number of primary amides is 1. The minimum atomic E-state index is -0.632. The van der Waals surface area contributed by atoms with Crippen LogP contribution in [0.5, 0.6) is 0 Å². The summed E-state index contributed by atoms with van der Waals surface area (Å²) < 4.78 is 12.8. The molecule has 1 rings (SSSR count). The van der Waals surface area contributed by atoms with Gasteiger partial charge in [0.1, 0.15) is 5.82 Å². The van der Waals surface area contributed by atoms with Gasteiger partial charge in [-0.15, -0.1) is 0 Å². The number of carbonyl (C=O) groups is 1. The van der Waals surface area contributed by atoms with Crippen LogP contribution < -0.4 is 17.2 Å². The van der Waals surface area contributed by atoms with E-state index >= 15 is 0 Å². The van der Waals surface area contributed by atoms with Crippen LogP contribution in [0.1, 0.15) is 5.56 Å². The van der Waals surface area contributed by atoms with E-state index in [1.165, 1.54) is 12.1 Å². The summed E-state index contributed by atoms with van der Waals surface area (Å²) in [6.45, 7) is 0. The third kappa shape index (κ3) is 2.22. The van der Waals surface area contributed by atoms with E-state index in [0.29, 0.717) is 5.56 Å². The molecule has 0 bridgehead atoms. The fourth-order valence-electron chi connectivity index (χ4n) is 0.971. The molecule has 0 saturated carbocycles. The molecule has 1 aromatic rings. The number of amides is 1. The Hall–Kier alpha value is -2.04. The summed E-state index contributed by atoms with van der Waals surface area (Å²) in [6, 6.07) is 2.28. The van der Waals surface area contributed by atoms with Crippen molar-refractivity contribution in [3.8, 4) is 0 Å². The van der Waals surface area contributed by atoms with Crippen molar-refractivity contribution >= 4 is 23.4 Å². The van der Waals surface area contributed by atoms with Crippen LogP contribution in [-0.2, 0) is 4.79 Å². The van der Waals surface area contributed by atoms with Crippen molar-refractivity contribution in [2.24, 2.45) is 5.73 Å². The minimum absolute atomic E-state index is 0.133. The van der Waals surface area contributed by atoms with Crippen LogP contribution in [0.2, 0.25) is 0 Å². The lowest BCUT2D eigenvalue weighted by Crippen LogP contribution is -2.05. The zero-order valence-electron chi connectivity index (χ0n) is 7.33. The average molecular weight is 195 g/mol. The van der Waals surface area contributed by atoms with Gasteiger partial charge in [0.2, 0.25) is 5.91 Å². The molecular weight excluding hydrogens is 185 g/mol. The van der Waals surface area contributed by atoms with Crippen molar-refractivity contribution < 1.29 is 9.18 Å². The second kappa shape index (κ2) is 3.78. The Balaban J connectivity index is 3.14. The molecule has 0 fully saturated rings. The summed E-state index contributed by atoms with van der Waals surface area (Å²) in [5.74, 6) is -1.15. The van der Waals surface area contributed by atoms with Crippen LogP contribution >= 0.6 is 0 Å². The monoisotopic (exact) mass is 195 g/mol. The lowest BCUT2D eigenvalue weighted by molar-refractivity contribution is -0.113. The second-order valence-electron chi connectivity index (χ2n) is 2.73. The zero-order chi connectivity index (χ0) is 10.7. The van der Waals surface area contributed by atoms with Crippen LogP contribution in [0, 0.1) is 5.82 Å². The number of hydrogen-bond acceptors (Lipinski definition) is 3. The van der Waals surface area contributed by atoms with E-state index in [1.807, 2.05) is 0 Å². The van der Waals surface area contributed by atoms with Gasteiger partial charge in [0.15, 0.2) is 0 Å². The lowest BCUT2D eigenvalue weighted by Gasteiger charge is -2.03. The first-order valence-corrected chi connectivity index (χ1v) is 3.82. The highest BCUT2D eigenvalue weighted by atomic mass is 19.1. The number of benzene rings is 1. The molecule has 14 heavy (non-hydrogen) atoms. The predicted octanol–water partition coefficient (Wildman–Crippen LogP) is 0.489. The predicted molar refractivity (Wildman–Crippen MR) is 53.5 cm³/mol. The molecule has 6 N–H and O–H groups in total. The van der Waals surface area contributed by atoms with E-state index in [-0.39, 0.29) is 11.4 Å². The van der Waals surface area contributed by atoms with Crippen LogP contribution in [0.25, 0.3) is 6.08 Å². The van der Waals surface area contributed by atoms with Crippen LogP contribution in [0.4, 0.5) is 15.8 Å². The van der Waals surface area contributed by atoms with Crippen LogP contribution in [0.15, 0.2) is 18.2 Å². The average Bonchev–Trinajstić information content (AvgIpc) is 2.08. The molecular formula is C9H10FN3O. The highest BCUT2D eigenvalue weighted by Crippen LogP contribution is 2.22. The first-order chi connectivity index (χ1) is 6.50. The van der Waals surface area contributed by atoms with Gasteiger partial charge in [0, 0.05) is 11.6 Å². The molecule has 0 aromatic heterocycles. The highest BCUT2D eigenvalue weighted by Gasteiger charge is 2.03. The number of carbonyl (C=O) groups excluding carboxylic acids is 1. The van der Waals surface area contributed by atoms with E-state index in [2.05, 4.69) is 0 Å². The third-order valence-electron chi connectivity index (χ3n) is 1.64. The highest BCUT2D eigenvalue weighted by molar-refractivity contribution is 5.92. The van der Waals surface area contributed by atoms with Crippen molar-refractivity contribution in [2.45, 2.75) is 0 Å². The van der Waals surface area contributed by atoms with E-state index < -0.39 is 11.7 Å². The van der Waals surface area contributed by atoms with Crippen molar-refractivity contribution in [2.75, 3.05) is 11.5 Å². The molecule has 0 heterocycles. The molecule has 4 nitrogen and oxygen atoms in total. The number of halogens is 1. The number of rotatable bonds is 2. The Morgan fingerprint density at radius 2 is 2.00 bits per heavy atom. The number of nitrogens with two attached hydrogens (primary N) is 3. The molecule has 0 aliphatic rings. The topological polar surface area (TPSA) is 95.1 Å². The van der Waals surface area contributed by atoms with Gasteiger partial charge >= 0.3 is 0 Å². The molecule has 0 unspecified atom stereocenters. The maximum atomic E-state index is 12.8. The molecule has 5 heteroatoms. The Morgan fingerprint density at radius 3 is 2.57 bits per heavy atom. The summed E-state index contributed by atoms with van der Waals surface area (Å²) in [5, 5.41) is 0. The van der Waals surface area contributed by atoms with Gasteiger partial charge in [-0.25, -0.2) is 4.39 Å². The van der Waals surface area contributed by atoms with E-state index in [4.69, 9.17) is 17.2 Å². The van der Waals surface area contributed by atoms with Gasteiger partial charge in [-0.3, -0.25) is 4.79 Å². The molecule has 1 aromatic carbocycles. The van der Waals surface area contributed by atoms with Gasteiger partial charge < -0.3 is 17.2 Å². The fraction of sp³-hybridized carbons (Fsp3) is 0. The Morgan fingerprint density at radius 1 is 1.36 bits per heavy atom. The van der Waals surface area contributed by atoms with E-state index in [9.17, 15) is 9.18 Å². The molecule has 0 aliphatic heterocycles. The molecule has 0 radical (unpaired) electrons. The van der Waals surface area contributed by atoms with Gasteiger partial charge in [-0.1, -0.05) is 0 Å². The minimum Gasteiger partial charge on any atom is -0.397 e. The van der Waals surface area contributed by atoms with E-state index in [1.54, 1.807) is 0 Å². The summed E-state index contributed by atoms with van der Waals surface area (Å²) in [4.78, 5) is 10.4. The van der Waals surface area contributed by atoms with Crippen LogP contribution in [0.3, 0.4) is 0 Å². The van der Waals surface area contributed by atoms with Gasteiger partial charge in [-0.05, 0) is 18.2 Å². The van der Waals surface area contributed by atoms with Crippen molar-refractivity contribution in [1.29, 1.82) is 0 Å². The van der Waals surface area contributed by atoms with Crippen molar-refractivity contribution in [3.63, 3.8) is 0 Å². The summed E-state index contributed by atoms with van der Waals surface area (Å²) in [7, 11) is 0. The zero-order valence-corrected chi connectivity index (χ0v) is 7.33. The lowest BCUT2D eigenvalue weighted by atomic mass is 10.1. The largest absolute Gasteiger partial charge is 0.397 e. The quantitative estimate of drug-likeness (QED) is 0.473. The molecule has 0 saturated heterocycles. The first-order valence-electron chi connectivity index (χ1n) is 3.82. The molecule has 0 spiro atoms. The Labute approximate surface area is 80.2 Å². The molecule has 0 atom stereocenters. The summed E-state index contributed by atoms with van der Waals surface area (Å²) >= 11 is 0. The maximum absolute atomic E-state index is 12.8. The van der Waals surface area contributed by atoms with Crippen LogP contribution in [-0.4, -0.2) is 5.91 Å². The maximum Gasteiger partial charge on any atom is 0.241 e. The first kappa shape index (κ1) is 10.0. The second-order valence-corrected chi connectivity index (χ2v) is 2.73. The molecule has 0 aliphatic carbocycles. The van der Waals surface area contributed by atoms with E-state index in [0.717, 1.165) is 12.1 Å². The van der Waals surface area contributed by atoms with Gasteiger partial charge in [0.25, 0.3) is 0 Å².